The minimum Gasteiger partial charge on any atom is -0.478 e. The van der Waals surface area contributed by atoms with Crippen molar-refractivity contribution in [3.05, 3.63) is 112 Å². The van der Waals surface area contributed by atoms with Crippen molar-refractivity contribution in [1.29, 1.82) is 0 Å². The van der Waals surface area contributed by atoms with Crippen LogP contribution in [0.15, 0.2) is 94.8 Å². The van der Waals surface area contributed by atoms with Crippen molar-refractivity contribution in [1.82, 2.24) is 19.7 Å². The number of piperazine rings is 1. The first kappa shape index (κ1) is 34.7. The van der Waals surface area contributed by atoms with Crippen LogP contribution in [0.1, 0.15) is 17.0 Å². The molecule has 0 atom stereocenters. The first-order chi connectivity index (χ1) is 21.8. The molecule has 2 aliphatic rings. The van der Waals surface area contributed by atoms with Gasteiger partial charge in [-0.15, -0.1) is 22.0 Å². The van der Waals surface area contributed by atoms with Crippen LogP contribution in [-0.2, 0) is 16.1 Å². The summed E-state index contributed by atoms with van der Waals surface area (Å²) in [5.41, 5.74) is 3.60. The smallest absolute Gasteiger partial charge is 0.328 e. The number of hydrogen-bond donors (Lipinski definition) is 2. The van der Waals surface area contributed by atoms with Crippen molar-refractivity contribution in [2.75, 3.05) is 43.4 Å². The largest absolute Gasteiger partial charge is 0.478 e. The molecule has 240 valence electrons. The molecular formula is C32H32Cl2N6O5S. The van der Waals surface area contributed by atoms with Gasteiger partial charge in [0, 0.05) is 76.7 Å². The highest BCUT2D eigenvalue weighted by Gasteiger charge is 2.28. The normalized spacial score (nSPS) is 14.2. The van der Waals surface area contributed by atoms with Crippen LogP contribution in [0.4, 0.5) is 5.95 Å². The zero-order valence-corrected chi connectivity index (χ0v) is 26.9. The molecule has 0 spiro atoms. The van der Waals surface area contributed by atoms with Gasteiger partial charge in [0.25, 0.3) is 0 Å². The van der Waals surface area contributed by atoms with Crippen LogP contribution in [0.5, 0.6) is 0 Å². The van der Waals surface area contributed by atoms with Gasteiger partial charge in [-0.1, -0.05) is 59.6 Å². The van der Waals surface area contributed by atoms with Crippen LogP contribution in [0.25, 0.3) is 5.69 Å². The van der Waals surface area contributed by atoms with Crippen molar-refractivity contribution >= 4 is 58.6 Å². The summed E-state index contributed by atoms with van der Waals surface area (Å²) in [6.45, 7) is 5.27. The molecule has 2 aliphatic heterocycles. The molecule has 4 N–H and O–H groups in total. The summed E-state index contributed by atoms with van der Waals surface area (Å²) in [4.78, 5) is 30.2. The van der Waals surface area contributed by atoms with Crippen LogP contribution in [0.3, 0.4) is 0 Å². The number of aliphatic carboxylic acids is 2. The van der Waals surface area contributed by atoms with Crippen molar-refractivity contribution in [2.45, 2.75) is 11.4 Å². The molecule has 0 amide bonds. The van der Waals surface area contributed by atoms with E-state index in [1.807, 2.05) is 54.2 Å². The number of anilines is 1. The molecule has 4 aromatic rings. The molecule has 3 aromatic carbocycles. The first-order valence-corrected chi connectivity index (χ1v) is 15.9. The van der Waals surface area contributed by atoms with Gasteiger partial charge in [0.05, 0.1) is 11.4 Å². The lowest BCUT2D eigenvalue weighted by Gasteiger charge is -2.35. The van der Waals surface area contributed by atoms with E-state index in [1.165, 1.54) is 4.90 Å². The van der Waals surface area contributed by atoms with Gasteiger partial charge in [0.15, 0.2) is 5.82 Å². The SMILES string of the molecule is Clc1ccc2c(c1)C(c1ccccc1Cl)=NCc1nnc(N3CCN(CCSc4ccccc4)CC3)n1-2.O.O=C(O)/C=C/C(=O)O. The molecule has 0 saturated carbocycles. The third kappa shape index (κ3) is 8.74. The highest BCUT2D eigenvalue weighted by molar-refractivity contribution is 7.99. The zero-order chi connectivity index (χ0) is 31.8. The van der Waals surface area contributed by atoms with E-state index in [2.05, 4.69) is 54.9 Å². The number of benzene rings is 3. The van der Waals surface area contributed by atoms with Crippen LogP contribution >= 0.6 is 35.0 Å². The lowest BCUT2D eigenvalue weighted by molar-refractivity contribution is -0.134. The summed E-state index contributed by atoms with van der Waals surface area (Å²) < 4.78 is 2.14. The summed E-state index contributed by atoms with van der Waals surface area (Å²) >= 11 is 15.0. The van der Waals surface area contributed by atoms with Gasteiger partial charge in [-0.3, -0.25) is 14.5 Å². The number of nitrogens with zero attached hydrogens (tertiary/aromatic N) is 6. The monoisotopic (exact) mass is 682 g/mol. The summed E-state index contributed by atoms with van der Waals surface area (Å²) in [6.07, 6.45) is 1.12. The Kier molecular flexibility index (Phi) is 12.4. The average molecular weight is 684 g/mol. The molecule has 1 saturated heterocycles. The molecule has 0 aliphatic carbocycles. The van der Waals surface area contributed by atoms with E-state index in [0.29, 0.717) is 28.7 Å². The molecule has 11 nitrogen and oxygen atoms in total. The van der Waals surface area contributed by atoms with E-state index >= 15 is 0 Å². The Morgan fingerprint density at radius 1 is 0.848 bits per heavy atom. The van der Waals surface area contributed by atoms with Gasteiger partial charge >= 0.3 is 11.9 Å². The number of aromatic nitrogens is 3. The van der Waals surface area contributed by atoms with Gasteiger partial charge in [-0.25, -0.2) is 9.59 Å². The number of carboxylic acids is 2. The van der Waals surface area contributed by atoms with Crippen molar-refractivity contribution in [3.63, 3.8) is 0 Å². The van der Waals surface area contributed by atoms with Crippen molar-refractivity contribution < 1.29 is 25.3 Å². The highest BCUT2D eigenvalue weighted by Crippen LogP contribution is 2.32. The fourth-order valence-corrected chi connectivity index (χ4v) is 6.33. The Morgan fingerprint density at radius 3 is 2.20 bits per heavy atom. The number of aliphatic imine (C=N–C) groups is 1. The number of carboxylic acid groups (broad SMARTS) is 2. The molecule has 0 bridgehead atoms. The van der Waals surface area contributed by atoms with E-state index in [4.69, 9.17) is 38.4 Å². The molecule has 0 unspecified atom stereocenters. The average Bonchev–Trinajstić information content (AvgIpc) is 3.39. The molecule has 1 aromatic heterocycles. The van der Waals surface area contributed by atoms with Gasteiger partial charge in [-0.2, -0.15) is 0 Å². The Labute approximate surface area is 280 Å². The second kappa shape index (κ2) is 16.4. The summed E-state index contributed by atoms with van der Waals surface area (Å²) in [5, 5.41) is 26.1. The highest BCUT2D eigenvalue weighted by atomic mass is 35.5. The molecule has 46 heavy (non-hydrogen) atoms. The number of halogens is 2. The molecule has 0 radical (unpaired) electrons. The number of rotatable bonds is 8. The molecular weight excluding hydrogens is 651 g/mol. The third-order valence-electron chi connectivity index (χ3n) is 7.12. The zero-order valence-electron chi connectivity index (χ0n) is 24.6. The Morgan fingerprint density at radius 2 is 1.52 bits per heavy atom. The molecule has 1 fully saturated rings. The second-order valence-electron chi connectivity index (χ2n) is 10.1. The molecule has 6 rings (SSSR count). The Hall–Kier alpha value is -4.20. The van der Waals surface area contributed by atoms with Gasteiger partial charge in [0.1, 0.15) is 6.54 Å². The maximum absolute atomic E-state index is 9.55. The first-order valence-electron chi connectivity index (χ1n) is 14.1. The van der Waals surface area contributed by atoms with Crippen molar-refractivity contribution in [2.24, 2.45) is 4.99 Å². The van der Waals surface area contributed by atoms with E-state index in [1.54, 1.807) is 0 Å². The second-order valence-corrected chi connectivity index (χ2v) is 12.1. The summed E-state index contributed by atoms with van der Waals surface area (Å²) in [5.74, 6) is 0.232. The van der Waals surface area contributed by atoms with Crippen LogP contribution < -0.4 is 4.90 Å². The van der Waals surface area contributed by atoms with Crippen LogP contribution in [0.2, 0.25) is 10.0 Å². The predicted octanol–water partition coefficient (Wildman–Crippen LogP) is 4.73. The number of fused-ring (bicyclic) bond motifs is 3. The lowest BCUT2D eigenvalue weighted by atomic mass is 10.0. The van der Waals surface area contributed by atoms with E-state index in [-0.39, 0.29) is 5.48 Å². The fourth-order valence-electron chi connectivity index (χ4n) is 5.00. The maximum atomic E-state index is 9.55. The van der Waals surface area contributed by atoms with E-state index < -0.39 is 11.9 Å². The van der Waals surface area contributed by atoms with Crippen LogP contribution in [0, 0.1) is 0 Å². The molecule has 3 heterocycles. The fraction of sp³-hybridized carbons (Fsp3) is 0.219. The topological polar surface area (TPSA) is 156 Å². The quantitative estimate of drug-likeness (QED) is 0.198. The van der Waals surface area contributed by atoms with Crippen LogP contribution in [-0.4, -0.2) is 91.5 Å². The lowest BCUT2D eigenvalue weighted by Crippen LogP contribution is -2.47. The molecule has 14 heteroatoms. The van der Waals surface area contributed by atoms with E-state index in [9.17, 15) is 9.59 Å². The summed E-state index contributed by atoms with van der Waals surface area (Å²) in [6, 6.07) is 24.3. The standard InChI is InChI=1S/C28H26Cl2N6S.C4H4O4.H2O/c29-20-10-11-25-23(18-20)27(22-8-4-5-9-24(22)30)31-19-26-32-33-28(36(25)26)35-14-12-34(13-15-35)16-17-37-21-6-2-1-3-7-21;5-3(6)1-2-4(7)8;/h1-11,18H,12-17,19H2;1-2H,(H,5,6)(H,7,8);1H2/b;2-1+;. The number of hydrogen-bond acceptors (Lipinski definition) is 8. The Balaban J connectivity index is 0.000000475. The van der Waals surface area contributed by atoms with Gasteiger partial charge in [0.2, 0.25) is 5.95 Å². The maximum Gasteiger partial charge on any atom is 0.328 e. The Bertz CT molecular complexity index is 1710. The minimum absolute atomic E-state index is 0. The predicted molar refractivity (Wildman–Crippen MR) is 181 cm³/mol. The number of thioether (sulfide) groups is 1. The van der Waals surface area contributed by atoms with Crippen molar-refractivity contribution in [3.8, 4) is 5.69 Å². The number of carbonyl (C=O) groups is 2. The third-order valence-corrected chi connectivity index (χ3v) is 8.68. The van der Waals surface area contributed by atoms with Gasteiger partial charge < -0.3 is 20.6 Å². The van der Waals surface area contributed by atoms with Gasteiger partial charge in [-0.05, 0) is 36.4 Å². The van der Waals surface area contributed by atoms with E-state index in [0.717, 1.165) is 72.8 Å². The summed E-state index contributed by atoms with van der Waals surface area (Å²) in [7, 11) is 0. The minimum atomic E-state index is -1.26.